The van der Waals surface area contributed by atoms with Gasteiger partial charge < -0.3 is 15.8 Å². The number of rotatable bonds is 4. The van der Waals surface area contributed by atoms with Gasteiger partial charge in [-0.1, -0.05) is 4.49 Å². The summed E-state index contributed by atoms with van der Waals surface area (Å²) in [6, 6.07) is -0.138. The monoisotopic (exact) mass is 256 g/mol. The first kappa shape index (κ1) is 12.4. The van der Waals surface area contributed by atoms with E-state index in [9.17, 15) is 4.79 Å². The summed E-state index contributed by atoms with van der Waals surface area (Å²) in [6.07, 6.45) is 0.818. The minimum Gasteiger partial charge on any atom is -0.376 e. The van der Waals surface area contributed by atoms with Crippen molar-refractivity contribution in [2.24, 2.45) is 5.73 Å². The normalized spacial score (nSPS) is 27.6. The Bertz CT molecular complexity index is 407. The maximum absolute atomic E-state index is 11.9. The number of carbonyl (C=O) groups excluding carboxylic acids is 1. The third-order valence-corrected chi connectivity index (χ3v) is 3.73. The van der Waals surface area contributed by atoms with Gasteiger partial charge in [0.2, 0.25) is 0 Å². The quantitative estimate of drug-likeness (QED) is 0.796. The van der Waals surface area contributed by atoms with E-state index in [1.54, 1.807) is 6.92 Å². The van der Waals surface area contributed by atoms with Gasteiger partial charge in [0, 0.05) is 12.6 Å². The van der Waals surface area contributed by atoms with Crippen molar-refractivity contribution in [3.8, 4) is 0 Å². The Balaban J connectivity index is 1.97. The predicted molar refractivity (Wildman–Crippen MR) is 63.9 cm³/mol. The highest BCUT2D eigenvalue weighted by Crippen LogP contribution is 2.23. The number of nitrogens with two attached hydrogens (primary N) is 1. The van der Waals surface area contributed by atoms with E-state index in [1.165, 1.54) is 0 Å². The molecule has 1 aromatic rings. The predicted octanol–water partition coefficient (Wildman–Crippen LogP) is 0.0810. The number of aromatic nitrogens is 2. The highest BCUT2D eigenvalue weighted by atomic mass is 32.1. The zero-order valence-corrected chi connectivity index (χ0v) is 10.7. The molecule has 0 saturated heterocycles. The average molecular weight is 256 g/mol. The second kappa shape index (κ2) is 5.07. The lowest BCUT2D eigenvalue weighted by molar-refractivity contribution is -0.0299. The van der Waals surface area contributed by atoms with E-state index in [0.29, 0.717) is 17.2 Å². The lowest BCUT2D eigenvalue weighted by Gasteiger charge is -2.42. The summed E-state index contributed by atoms with van der Waals surface area (Å²) in [4.78, 5) is 12.5. The topological polar surface area (TPSA) is 90.1 Å². The molecule has 17 heavy (non-hydrogen) atoms. The van der Waals surface area contributed by atoms with Gasteiger partial charge in [-0.05, 0) is 31.8 Å². The third kappa shape index (κ3) is 2.46. The Labute approximate surface area is 104 Å². The van der Waals surface area contributed by atoms with Crippen LogP contribution in [0.25, 0.3) is 0 Å². The number of hydrogen-bond acceptors (Lipinski definition) is 6. The number of aryl methyl sites for hydroxylation is 1. The first-order valence-corrected chi connectivity index (χ1v) is 6.37. The molecule has 3 unspecified atom stereocenters. The smallest absolute Gasteiger partial charge is 0.265 e. The number of nitrogens with one attached hydrogen (secondary N) is 1. The number of carbonyl (C=O) groups is 1. The second-order valence-electron chi connectivity index (χ2n) is 4.08. The van der Waals surface area contributed by atoms with E-state index >= 15 is 0 Å². The molecule has 0 radical (unpaired) electrons. The standard InChI is InChI=1S/C10H16N4O2S/c1-3-16-7-4-6(11)8(7)12-10(15)9-5(2)13-14-17-9/h6-8H,3-4,11H2,1-2H3,(H,12,15). The summed E-state index contributed by atoms with van der Waals surface area (Å²) in [5.41, 5.74) is 6.51. The maximum atomic E-state index is 11.9. The largest absolute Gasteiger partial charge is 0.376 e. The average Bonchev–Trinajstić information content (AvgIpc) is 2.72. The lowest BCUT2D eigenvalue weighted by atomic mass is 9.83. The molecule has 1 fully saturated rings. The molecular weight excluding hydrogens is 240 g/mol. The van der Waals surface area contributed by atoms with Crippen molar-refractivity contribution >= 4 is 17.4 Å². The highest BCUT2D eigenvalue weighted by molar-refractivity contribution is 7.08. The van der Waals surface area contributed by atoms with Crippen LogP contribution in [-0.4, -0.2) is 40.3 Å². The Kier molecular flexibility index (Phi) is 3.70. The van der Waals surface area contributed by atoms with Crippen molar-refractivity contribution in [1.82, 2.24) is 14.9 Å². The highest BCUT2D eigenvalue weighted by Gasteiger charge is 2.40. The summed E-state index contributed by atoms with van der Waals surface area (Å²) in [5.74, 6) is -0.164. The fourth-order valence-corrected chi connectivity index (χ4v) is 2.44. The van der Waals surface area contributed by atoms with Crippen LogP contribution in [0.3, 0.4) is 0 Å². The van der Waals surface area contributed by atoms with Crippen molar-refractivity contribution in [2.45, 2.75) is 38.5 Å². The molecule has 1 amide bonds. The van der Waals surface area contributed by atoms with Crippen LogP contribution >= 0.6 is 11.5 Å². The van der Waals surface area contributed by atoms with E-state index in [1.807, 2.05) is 6.92 Å². The van der Waals surface area contributed by atoms with Gasteiger partial charge in [0.25, 0.3) is 5.91 Å². The van der Waals surface area contributed by atoms with Crippen LogP contribution < -0.4 is 11.1 Å². The van der Waals surface area contributed by atoms with Crippen LogP contribution in [0.5, 0.6) is 0 Å². The minimum atomic E-state index is -0.164. The van der Waals surface area contributed by atoms with Crippen LogP contribution in [0, 0.1) is 6.92 Å². The second-order valence-corrected chi connectivity index (χ2v) is 4.83. The molecule has 0 aromatic carbocycles. The van der Waals surface area contributed by atoms with E-state index < -0.39 is 0 Å². The summed E-state index contributed by atoms with van der Waals surface area (Å²) in [5, 5.41) is 6.69. The molecule has 3 N–H and O–H groups in total. The summed E-state index contributed by atoms with van der Waals surface area (Å²) in [7, 11) is 0. The maximum Gasteiger partial charge on any atom is 0.265 e. The molecule has 1 aliphatic carbocycles. The van der Waals surface area contributed by atoms with Crippen molar-refractivity contribution < 1.29 is 9.53 Å². The van der Waals surface area contributed by atoms with Crippen LogP contribution in [0.1, 0.15) is 28.7 Å². The van der Waals surface area contributed by atoms with Gasteiger partial charge in [0.15, 0.2) is 0 Å². The summed E-state index contributed by atoms with van der Waals surface area (Å²) in [6.45, 7) is 4.32. The Morgan fingerprint density at radius 2 is 2.47 bits per heavy atom. The van der Waals surface area contributed by atoms with Crippen LogP contribution in [0.4, 0.5) is 0 Å². The van der Waals surface area contributed by atoms with Crippen molar-refractivity contribution in [1.29, 1.82) is 0 Å². The fourth-order valence-electron chi connectivity index (χ4n) is 1.88. The van der Waals surface area contributed by atoms with E-state index in [4.69, 9.17) is 10.5 Å². The number of amides is 1. The molecule has 3 atom stereocenters. The first-order valence-electron chi connectivity index (χ1n) is 5.60. The number of nitrogens with zero attached hydrogens (tertiary/aromatic N) is 2. The van der Waals surface area contributed by atoms with Crippen molar-refractivity contribution in [3.63, 3.8) is 0 Å². The molecule has 94 valence electrons. The molecular formula is C10H16N4O2S. The first-order chi connectivity index (χ1) is 8.13. The Hall–Kier alpha value is -1.05. The molecule has 7 heteroatoms. The van der Waals surface area contributed by atoms with Crippen LogP contribution in [-0.2, 0) is 4.74 Å². The summed E-state index contributed by atoms with van der Waals surface area (Å²) >= 11 is 1.10. The van der Waals surface area contributed by atoms with Crippen molar-refractivity contribution in [2.75, 3.05) is 6.61 Å². The van der Waals surface area contributed by atoms with Gasteiger partial charge in [-0.15, -0.1) is 5.10 Å². The zero-order valence-electron chi connectivity index (χ0n) is 9.84. The van der Waals surface area contributed by atoms with Gasteiger partial charge in [0.1, 0.15) is 4.88 Å². The Morgan fingerprint density at radius 3 is 3.00 bits per heavy atom. The fraction of sp³-hybridized carbons (Fsp3) is 0.700. The van der Waals surface area contributed by atoms with Gasteiger partial charge in [-0.3, -0.25) is 4.79 Å². The summed E-state index contributed by atoms with van der Waals surface area (Å²) < 4.78 is 9.22. The van der Waals surface area contributed by atoms with E-state index in [0.717, 1.165) is 18.0 Å². The van der Waals surface area contributed by atoms with Gasteiger partial charge >= 0.3 is 0 Å². The van der Waals surface area contributed by atoms with Crippen LogP contribution in [0.15, 0.2) is 0 Å². The van der Waals surface area contributed by atoms with Crippen molar-refractivity contribution in [3.05, 3.63) is 10.6 Å². The Morgan fingerprint density at radius 1 is 1.71 bits per heavy atom. The SMILES string of the molecule is CCOC1CC(N)C1NC(=O)c1snnc1C. The number of hydrogen-bond donors (Lipinski definition) is 2. The van der Waals surface area contributed by atoms with E-state index in [2.05, 4.69) is 14.9 Å². The van der Waals surface area contributed by atoms with Gasteiger partial charge in [-0.25, -0.2) is 0 Å². The van der Waals surface area contributed by atoms with E-state index in [-0.39, 0.29) is 24.1 Å². The zero-order chi connectivity index (χ0) is 12.4. The molecule has 6 nitrogen and oxygen atoms in total. The van der Waals surface area contributed by atoms with Crippen LogP contribution in [0.2, 0.25) is 0 Å². The lowest BCUT2D eigenvalue weighted by Crippen LogP contribution is -2.64. The molecule has 1 saturated carbocycles. The number of ether oxygens (including phenoxy) is 1. The molecule has 1 heterocycles. The molecule has 0 aliphatic heterocycles. The van der Waals surface area contributed by atoms with Gasteiger partial charge in [-0.2, -0.15) is 0 Å². The van der Waals surface area contributed by atoms with Gasteiger partial charge in [0.05, 0.1) is 17.8 Å². The molecule has 0 spiro atoms. The molecule has 2 rings (SSSR count). The molecule has 1 aromatic heterocycles. The molecule has 1 aliphatic rings. The third-order valence-electron chi connectivity index (χ3n) is 2.90. The minimum absolute atomic E-state index is 0.0279. The molecule has 0 bridgehead atoms.